The van der Waals surface area contributed by atoms with Gasteiger partial charge in [0.15, 0.2) is 0 Å². The van der Waals surface area contributed by atoms with Crippen LogP contribution in [-0.4, -0.2) is 0 Å². The molecule has 0 bridgehead atoms. The fourth-order valence-corrected chi connectivity index (χ4v) is 1.42. The highest BCUT2D eigenvalue weighted by Gasteiger charge is 2.06. The first-order chi connectivity index (χ1) is 5.83. The van der Waals surface area contributed by atoms with Gasteiger partial charge in [-0.25, -0.2) is 0 Å². The molecule has 0 saturated carbocycles. The lowest BCUT2D eigenvalue weighted by molar-refractivity contribution is 0.548. The molecule has 2 rings (SSSR count). The maximum Gasteiger partial charge on any atom is 0.134 e. The van der Waals surface area contributed by atoms with Crippen molar-refractivity contribution in [2.45, 2.75) is 13.5 Å². The Morgan fingerprint density at radius 3 is 2.75 bits per heavy atom. The normalized spacial score (nSPS) is 10.8. The molecular formula is C10H11NO. The number of hydrogen-bond donors (Lipinski definition) is 1. The Hall–Kier alpha value is -1.28. The van der Waals surface area contributed by atoms with Crippen LogP contribution in [0.25, 0.3) is 11.0 Å². The molecule has 1 aromatic carbocycles. The minimum absolute atomic E-state index is 0.473. The van der Waals surface area contributed by atoms with E-state index in [1.807, 2.05) is 31.2 Å². The lowest BCUT2D eigenvalue weighted by Gasteiger charge is -1.88. The molecule has 2 heteroatoms. The summed E-state index contributed by atoms with van der Waals surface area (Å²) in [5.41, 5.74) is 7.61. The van der Waals surface area contributed by atoms with Gasteiger partial charge in [-0.05, 0) is 18.6 Å². The molecule has 0 aliphatic carbocycles. The van der Waals surface area contributed by atoms with Gasteiger partial charge in [-0.2, -0.15) is 0 Å². The molecule has 0 saturated heterocycles. The molecule has 0 unspecified atom stereocenters. The van der Waals surface area contributed by atoms with Crippen molar-refractivity contribution < 1.29 is 4.42 Å². The van der Waals surface area contributed by atoms with Crippen LogP contribution in [0.2, 0.25) is 0 Å². The highest BCUT2D eigenvalue weighted by atomic mass is 16.3. The van der Waals surface area contributed by atoms with Crippen molar-refractivity contribution in [3.05, 3.63) is 35.6 Å². The second kappa shape index (κ2) is 2.64. The molecule has 2 aromatic rings. The summed E-state index contributed by atoms with van der Waals surface area (Å²) >= 11 is 0. The fraction of sp³-hybridized carbons (Fsp3) is 0.200. The van der Waals surface area contributed by atoms with Crippen LogP contribution < -0.4 is 5.73 Å². The van der Waals surface area contributed by atoms with E-state index in [-0.39, 0.29) is 0 Å². The third-order valence-corrected chi connectivity index (χ3v) is 2.13. The number of nitrogens with two attached hydrogens (primary N) is 1. The molecule has 0 amide bonds. The van der Waals surface area contributed by atoms with Gasteiger partial charge >= 0.3 is 0 Å². The van der Waals surface area contributed by atoms with Crippen LogP contribution in [0.1, 0.15) is 11.3 Å². The van der Waals surface area contributed by atoms with Gasteiger partial charge in [0.1, 0.15) is 11.3 Å². The second-order valence-corrected chi connectivity index (χ2v) is 2.85. The van der Waals surface area contributed by atoms with Crippen molar-refractivity contribution in [1.29, 1.82) is 0 Å². The Balaban J connectivity index is 2.78. The number of furan rings is 1. The predicted molar refractivity (Wildman–Crippen MR) is 48.8 cm³/mol. The van der Waals surface area contributed by atoms with Crippen molar-refractivity contribution in [2.75, 3.05) is 0 Å². The number of aryl methyl sites for hydroxylation is 1. The molecular weight excluding hydrogens is 150 g/mol. The molecule has 2 nitrogen and oxygen atoms in total. The minimum Gasteiger partial charge on any atom is -0.459 e. The zero-order valence-corrected chi connectivity index (χ0v) is 7.00. The highest BCUT2D eigenvalue weighted by molar-refractivity contribution is 5.81. The van der Waals surface area contributed by atoms with E-state index in [0.717, 1.165) is 22.3 Å². The maximum atomic E-state index is 5.52. The Bertz CT molecular complexity index is 403. The van der Waals surface area contributed by atoms with E-state index >= 15 is 0 Å². The Labute approximate surface area is 71.0 Å². The van der Waals surface area contributed by atoms with Gasteiger partial charge in [0.2, 0.25) is 0 Å². The molecule has 1 aromatic heterocycles. The summed E-state index contributed by atoms with van der Waals surface area (Å²) in [4.78, 5) is 0. The molecule has 2 N–H and O–H groups in total. The topological polar surface area (TPSA) is 39.2 Å². The zero-order valence-electron chi connectivity index (χ0n) is 7.00. The number of para-hydroxylation sites is 1. The SMILES string of the molecule is Cc1c(CN)oc2ccccc12. The third kappa shape index (κ3) is 0.924. The van der Waals surface area contributed by atoms with Gasteiger partial charge in [-0.15, -0.1) is 0 Å². The van der Waals surface area contributed by atoms with Gasteiger partial charge < -0.3 is 10.2 Å². The summed E-state index contributed by atoms with van der Waals surface area (Å²) in [5.74, 6) is 0.885. The van der Waals surface area contributed by atoms with E-state index in [1.54, 1.807) is 0 Å². The zero-order chi connectivity index (χ0) is 8.55. The molecule has 62 valence electrons. The van der Waals surface area contributed by atoms with Gasteiger partial charge in [0.05, 0.1) is 6.54 Å². The van der Waals surface area contributed by atoms with Gasteiger partial charge in [0, 0.05) is 5.39 Å². The Kier molecular flexibility index (Phi) is 1.62. The van der Waals surface area contributed by atoms with Crippen LogP contribution in [-0.2, 0) is 6.54 Å². The molecule has 0 spiro atoms. The van der Waals surface area contributed by atoms with Crippen molar-refractivity contribution in [1.82, 2.24) is 0 Å². The smallest absolute Gasteiger partial charge is 0.134 e. The van der Waals surface area contributed by atoms with Crippen molar-refractivity contribution in [3.63, 3.8) is 0 Å². The van der Waals surface area contributed by atoms with Crippen LogP contribution in [0, 0.1) is 6.92 Å². The molecule has 1 heterocycles. The van der Waals surface area contributed by atoms with Crippen molar-refractivity contribution in [3.8, 4) is 0 Å². The summed E-state index contributed by atoms with van der Waals surface area (Å²) < 4.78 is 5.52. The number of benzene rings is 1. The first-order valence-electron chi connectivity index (χ1n) is 4.00. The van der Waals surface area contributed by atoms with E-state index < -0.39 is 0 Å². The predicted octanol–water partition coefficient (Wildman–Crippen LogP) is 2.20. The summed E-state index contributed by atoms with van der Waals surface area (Å²) in [5, 5.41) is 1.16. The van der Waals surface area contributed by atoms with Gasteiger partial charge in [-0.1, -0.05) is 18.2 Å². The monoisotopic (exact) mass is 161 g/mol. The second-order valence-electron chi connectivity index (χ2n) is 2.85. The van der Waals surface area contributed by atoms with Crippen molar-refractivity contribution in [2.24, 2.45) is 5.73 Å². The third-order valence-electron chi connectivity index (χ3n) is 2.13. The maximum absolute atomic E-state index is 5.52. The summed E-state index contributed by atoms with van der Waals surface area (Å²) in [6, 6.07) is 7.98. The molecule has 0 fully saturated rings. The molecule has 0 atom stereocenters. The van der Waals surface area contributed by atoms with Crippen LogP contribution >= 0.6 is 0 Å². The van der Waals surface area contributed by atoms with Crippen LogP contribution in [0.3, 0.4) is 0 Å². The van der Waals surface area contributed by atoms with Gasteiger partial charge in [0.25, 0.3) is 0 Å². The molecule has 12 heavy (non-hydrogen) atoms. The fourth-order valence-electron chi connectivity index (χ4n) is 1.42. The van der Waals surface area contributed by atoms with E-state index in [9.17, 15) is 0 Å². The summed E-state index contributed by atoms with van der Waals surface area (Å²) in [7, 11) is 0. The first-order valence-corrected chi connectivity index (χ1v) is 4.00. The lowest BCUT2D eigenvalue weighted by Crippen LogP contribution is -1.95. The van der Waals surface area contributed by atoms with Crippen LogP contribution in [0.5, 0.6) is 0 Å². The average Bonchev–Trinajstić information content (AvgIpc) is 2.44. The van der Waals surface area contributed by atoms with E-state index in [2.05, 4.69) is 0 Å². The number of rotatable bonds is 1. The van der Waals surface area contributed by atoms with Crippen LogP contribution in [0.4, 0.5) is 0 Å². The largest absolute Gasteiger partial charge is 0.459 e. The summed E-state index contributed by atoms with van der Waals surface area (Å²) in [6.07, 6.45) is 0. The number of hydrogen-bond acceptors (Lipinski definition) is 2. The lowest BCUT2D eigenvalue weighted by atomic mass is 10.1. The van der Waals surface area contributed by atoms with E-state index in [0.29, 0.717) is 6.54 Å². The summed E-state index contributed by atoms with van der Waals surface area (Å²) in [6.45, 7) is 2.51. The standard InChI is InChI=1S/C10H11NO/c1-7-8-4-2-3-5-9(8)12-10(7)6-11/h2-5H,6,11H2,1H3. The highest BCUT2D eigenvalue weighted by Crippen LogP contribution is 2.23. The quantitative estimate of drug-likeness (QED) is 0.696. The van der Waals surface area contributed by atoms with Crippen molar-refractivity contribution >= 4 is 11.0 Å². The Morgan fingerprint density at radius 1 is 1.33 bits per heavy atom. The van der Waals surface area contributed by atoms with E-state index in [1.165, 1.54) is 0 Å². The molecule has 0 radical (unpaired) electrons. The van der Waals surface area contributed by atoms with Crippen LogP contribution in [0.15, 0.2) is 28.7 Å². The Morgan fingerprint density at radius 2 is 2.08 bits per heavy atom. The number of fused-ring (bicyclic) bond motifs is 1. The van der Waals surface area contributed by atoms with Gasteiger partial charge in [-0.3, -0.25) is 0 Å². The average molecular weight is 161 g/mol. The molecule has 0 aliphatic rings. The first kappa shape index (κ1) is 7.37. The molecule has 0 aliphatic heterocycles. The minimum atomic E-state index is 0.473. The van der Waals surface area contributed by atoms with E-state index in [4.69, 9.17) is 10.2 Å².